The molecule has 0 spiro atoms. The smallest absolute Gasteiger partial charge is 0.188 e. The Hall–Kier alpha value is -1.35. The molecule has 1 aromatic rings. The standard InChI is InChI=1S/C18H28FN5.HI/c1-15(2)14-22-18(20)21-8-5-9-23-10-12-24(13-11-23)17-7-4-3-6-16(17)19;/h3-4,6-7H,1,5,8-14H2,2H3,(H3,20,21,22);1H. The predicted molar refractivity (Wildman–Crippen MR) is 114 cm³/mol. The quantitative estimate of drug-likeness (QED) is 0.215. The average Bonchev–Trinajstić information content (AvgIpc) is 2.58. The van der Waals surface area contributed by atoms with Crippen molar-refractivity contribution in [1.29, 1.82) is 0 Å². The van der Waals surface area contributed by atoms with Crippen molar-refractivity contribution < 1.29 is 4.39 Å². The summed E-state index contributed by atoms with van der Waals surface area (Å²) in [7, 11) is 0. The van der Waals surface area contributed by atoms with E-state index in [2.05, 4.69) is 26.7 Å². The fourth-order valence-corrected chi connectivity index (χ4v) is 2.72. The Morgan fingerprint density at radius 1 is 1.28 bits per heavy atom. The first-order valence-corrected chi connectivity index (χ1v) is 8.46. The maximum Gasteiger partial charge on any atom is 0.188 e. The molecule has 7 heteroatoms. The van der Waals surface area contributed by atoms with E-state index in [-0.39, 0.29) is 29.8 Å². The lowest BCUT2D eigenvalue weighted by atomic mass is 10.2. The molecule has 0 saturated carbocycles. The minimum Gasteiger partial charge on any atom is -0.370 e. The maximum atomic E-state index is 13.8. The van der Waals surface area contributed by atoms with E-state index in [1.54, 1.807) is 6.07 Å². The zero-order valence-corrected chi connectivity index (χ0v) is 17.2. The molecule has 0 unspecified atom stereocenters. The van der Waals surface area contributed by atoms with E-state index >= 15 is 0 Å². The number of nitrogens with one attached hydrogen (secondary N) is 1. The highest BCUT2D eigenvalue weighted by molar-refractivity contribution is 14.0. The number of anilines is 1. The topological polar surface area (TPSA) is 56.9 Å². The van der Waals surface area contributed by atoms with Crippen LogP contribution in [0.4, 0.5) is 10.1 Å². The van der Waals surface area contributed by atoms with Gasteiger partial charge in [0.1, 0.15) is 5.82 Å². The van der Waals surface area contributed by atoms with E-state index in [4.69, 9.17) is 5.73 Å². The van der Waals surface area contributed by atoms with Gasteiger partial charge >= 0.3 is 0 Å². The summed E-state index contributed by atoms with van der Waals surface area (Å²) >= 11 is 0. The molecule has 140 valence electrons. The lowest BCUT2D eigenvalue weighted by Crippen LogP contribution is -2.47. The molecule has 0 aromatic heterocycles. The third kappa shape index (κ3) is 7.60. The lowest BCUT2D eigenvalue weighted by molar-refractivity contribution is 0.254. The number of benzene rings is 1. The fourth-order valence-electron chi connectivity index (χ4n) is 2.72. The van der Waals surface area contributed by atoms with Gasteiger partial charge in [0, 0.05) is 32.7 Å². The lowest BCUT2D eigenvalue weighted by Gasteiger charge is -2.36. The Labute approximate surface area is 167 Å². The number of hydrogen-bond acceptors (Lipinski definition) is 3. The number of nitrogens with zero attached hydrogens (tertiary/aromatic N) is 3. The van der Waals surface area contributed by atoms with Gasteiger partial charge in [-0.15, -0.1) is 24.0 Å². The van der Waals surface area contributed by atoms with Crippen molar-refractivity contribution in [3.05, 3.63) is 42.2 Å². The normalized spacial score (nSPS) is 15.6. The van der Waals surface area contributed by atoms with Gasteiger partial charge in [0.2, 0.25) is 0 Å². The zero-order valence-electron chi connectivity index (χ0n) is 14.9. The number of hydrogen-bond donors (Lipinski definition) is 2. The molecule has 1 aromatic carbocycles. The number of guanidine groups is 1. The molecule has 0 aliphatic carbocycles. The Kier molecular flexibility index (Phi) is 9.81. The van der Waals surface area contributed by atoms with Gasteiger partial charge in [-0.2, -0.15) is 0 Å². The summed E-state index contributed by atoms with van der Waals surface area (Å²) in [5.41, 5.74) is 7.48. The van der Waals surface area contributed by atoms with Crippen LogP contribution in [0.2, 0.25) is 0 Å². The average molecular weight is 461 g/mol. The molecular formula is C18H29FIN5. The van der Waals surface area contributed by atoms with E-state index in [9.17, 15) is 4.39 Å². The van der Waals surface area contributed by atoms with E-state index in [1.807, 2.05) is 19.1 Å². The molecule has 1 fully saturated rings. The summed E-state index contributed by atoms with van der Waals surface area (Å²) in [5, 5.41) is 3.12. The molecule has 0 bridgehead atoms. The molecule has 2 rings (SSSR count). The summed E-state index contributed by atoms with van der Waals surface area (Å²) in [6, 6.07) is 6.99. The van der Waals surface area contributed by atoms with Gasteiger partial charge in [0.05, 0.1) is 12.2 Å². The highest BCUT2D eigenvalue weighted by Crippen LogP contribution is 2.20. The summed E-state index contributed by atoms with van der Waals surface area (Å²) < 4.78 is 13.8. The zero-order chi connectivity index (χ0) is 17.4. The second-order valence-corrected chi connectivity index (χ2v) is 6.22. The molecule has 0 radical (unpaired) electrons. The predicted octanol–water partition coefficient (Wildman–Crippen LogP) is 2.44. The van der Waals surface area contributed by atoms with Gasteiger partial charge in [0.25, 0.3) is 0 Å². The SMILES string of the molecule is C=C(C)CN=C(N)NCCCN1CCN(c2ccccc2F)CC1.I. The van der Waals surface area contributed by atoms with Crippen molar-refractivity contribution >= 4 is 35.6 Å². The summed E-state index contributed by atoms with van der Waals surface area (Å²) in [6.07, 6.45) is 1.00. The molecule has 5 nitrogen and oxygen atoms in total. The van der Waals surface area contributed by atoms with Crippen LogP contribution in [0.5, 0.6) is 0 Å². The van der Waals surface area contributed by atoms with Gasteiger partial charge in [-0.1, -0.05) is 24.3 Å². The van der Waals surface area contributed by atoms with Crippen LogP contribution in [0, 0.1) is 5.82 Å². The maximum absolute atomic E-state index is 13.8. The third-order valence-corrected chi connectivity index (χ3v) is 4.04. The number of nitrogens with two attached hydrogens (primary N) is 1. The molecule has 1 aliphatic rings. The van der Waals surface area contributed by atoms with Crippen LogP contribution in [0.1, 0.15) is 13.3 Å². The van der Waals surface area contributed by atoms with E-state index in [1.165, 1.54) is 6.07 Å². The van der Waals surface area contributed by atoms with Crippen molar-refractivity contribution in [3.63, 3.8) is 0 Å². The second kappa shape index (κ2) is 11.3. The van der Waals surface area contributed by atoms with Gasteiger partial charge in [0.15, 0.2) is 5.96 Å². The van der Waals surface area contributed by atoms with Gasteiger partial charge in [-0.05, 0) is 32.0 Å². The summed E-state index contributed by atoms with van der Waals surface area (Å²) in [6.45, 7) is 11.7. The van der Waals surface area contributed by atoms with Crippen molar-refractivity contribution in [2.75, 3.05) is 50.7 Å². The summed E-state index contributed by atoms with van der Waals surface area (Å²) in [5.74, 6) is 0.335. The van der Waals surface area contributed by atoms with Crippen LogP contribution in [-0.2, 0) is 0 Å². The minimum absolute atomic E-state index is 0. The molecule has 3 N–H and O–H groups in total. The van der Waals surface area contributed by atoms with Crippen LogP contribution in [0.3, 0.4) is 0 Å². The van der Waals surface area contributed by atoms with E-state index in [0.29, 0.717) is 18.2 Å². The Bertz CT molecular complexity index is 570. The van der Waals surface area contributed by atoms with E-state index in [0.717, 1.165) is 51.3 Å². The fraction of sp³-hybridized carbons (Fsp3) is 0.500. The Balaban J connectivity index is 0.00000312. The first-order chi connectivity index (χ1) is 11.6. The van der Waals surface area contributed by atoms with Gasteiger partial charge in [-0.3, -0.25) is 4.90 Å². The minimum atomic E-state index is -0.139. The van der Waals surface area contributed by atoms with Crippen molar-refractivity contribution in [2.24, 2.45) is 10.7 Å². The third-order valence-electron chi connectivity index (χ3n) is 4.04. The van der Waals surface area contributed by atoms with Crippen molar-refractivity contribution in [1.82, 2.24) is 10.2 Å². The highest BCUT2D eigenvalue weighted by Gasteiger charge is 2.18. The monoisotopic (exact) mass is 461 g/mol. The number of halogens is 2. The van der Waals surface area contributed by atoms with Crippen molar-refractivity contribution in [2.45, 2.75) is 13.3 Å². The Morgan fingerprint density at radius 2 is 1.96 bits per heavy atom. The van der Waals surface area contributed by atoms with Crippen LogP contribution in [-0.4, -0.2) is 56.7 Å². The molecule has 1 heterocycles. The number of rotatable bonds is 7. The molecule has 1 aliphatic heterocycles. The van der Waals surface area contributed by atoms with Crippen LogP contribution >= 0.6 is 24.0 Å². The number of aliphatic imine (C=N–C) groups is 1. The van der Waals surface area contributed by atoms with Crippen molar-refractivity contribution in [3.8, 4) is 0 Å². The van der Waals surface area contributed by atoms with Gasteiger partial charge in [-0.25, -0.2) is 9.38 Å². The Morgan fingerprint density at radius 3 is 2.60 bits per heavy atom. The van der Waals surface area contributed by atoms with Crippen LogP contribution in [0.15, 0.2) is 41.4 Å². The van der Waals surface area contributed by atoms with E-state index < -0.39 is 0 Å². The number of para-hydroxylation sites is 1. The van der Waals surface area contributed by atoms with Crippen LogP contribution < -0.4 is 16.0 Å². The van der Waals surface area contributed by atoms with Gasteiger partial charge < -0.3 is 16.0 Å². The second-order valence-electron chi connectivity index (χ2n) is 6.22. The molecule has 1 saturated heterocycles. The number of piperazine rings is 1. The molecule has 0 amide bonds. The highest BCUT2D eigenvalue weighted by atomic mass is 127. The van der Waals surface area contributed by atoms with Crippen LogP contribution in [0.25, 0.3) is 0 Å². The molecular weight excluding hydrogens is 432 g/mol. The summed E-state index contributed by atoms with van der Waals surface area (Å²) in [4.78, 5) is 8.71. The molecule has 0 atom stereocenters. The first kappa shape index (κ1) is 21.7. The first-order valence-electron chi connectivity index (χ1n) is 8.46. The molecule has 25 heavy (non-hydrogen) atoms. The largest absolute Gasteiger partial charge is 0.370 e.